The number of amides is 1. The molecule has 0 aromatic heterocycles. The Labute approximate surface area is 126 Å². The van der Waals surface area contributed by atoms with Crippen molar-refractivity contribution in [3.05, 3.63) is 35.4 Å². The summed E-state index contributed by atoms with van der Waals surface area (Å²) in [6.07, 6.45) is 2.57. The SMILES string of the molecule is CCC(=O)c1ccc(C(=O)N2CCCC(C(C)N)C2)cc1. The Morgan fingerprint density at radius 3 is 2.48 bits per heavy atom. The first-order valence-corrected chi connectivity index (χ1v) is 7.71. The quantitative estimate of drug-likeness (QED) is 0.866. The molecule has 1 aliphatic rings. The topological polar surface area (TPSA) is 63.4 Å². The molecule has 1 heterocycles. The Morgan fingerprint density at radius 2 is 1.90 bits per heavy atom. The third-order valence-electron chi connectivity index (χ3n) is 4.26. The average molecular weight is 288 g/mol. The van der Waals surface area contributed by atoms with Crippen molar-refractivity contribution in [1.29, 1.82) is 0 Å². The number of nitrogens with two attached hydrogens (primary N) is 1. The number of rotatable bonds is 4. The van der Waals surface area contributed by atoms with Gasteiger partial charge in [0.05, 0.1) is 0 Å². The van der Waals surface area contributed by atoms with E-state index in [0.29, 0.717) is 23.5 Å². The zero-order valence-corrected chi connectivity index (χ0v) is 12.8. The minimum absolute atomic E-state index is 0.0378. The molecule has 0 aliphatic carbocycles. The van der Waals surface area contributed by atoms with Crippen molar-refractivity contribution in [2.45, 2.75) is 39.2 Å². The lowest BCUT2D eigenvalue weighted by atomic mass is 9.92. The lowest BCUT2D eigenvalue weighted by Crippen LogP contribution is -2.45. The number of likely N-dealkylation sites (tertiary alicyclic amines) is 1. The van der Waals surface area contributed by atoms with Gasteiger partial charge in [0.15, 0.2) is 5.78 Å². The number of carbonyl (C=O) groups is 2. The number of Topliss-reactive ketones (excluding diaryl/α,β-unsaturated/α-hetero) is 1. The van der Waals surface area contributed by atoms with Gasteiger partial charge in [-0.3, -0.25) is 9.59 Å². The van der Waals surface area contributed by atoms with Gasteiger partial charge in [-0.15, -0.1) is 0 Å². The third kappa shape index (κ3) is 3.70. The Bertz CT molecular complexity index is 508. The van der Waals surface area contributed by atoms with Crippen molar-refractivity contribution in [3.63, 3.8) is 0 Å². The van der Waals surface area contributed by atoms with E-state index in [1.54, 1.807) is 24.3 Å². The molecule has 1 amide bonds. The molecule has 1 aromatic carbocycles. The molecule has 0 bridgehead atoms. The van der Waals surface area contributed by atoms with Crippen LogP contribution in [0.3, 0.4) is 0 Å². The van der Waals surface area contributed by atoms with Crippen molar-refractivity contribution >= 4 is 11.7 Å². The van der Waals surface area contributed by atoms with Crippen molar-refractivity contribution in [1.82, 2.24) is 4.90 Å². The Balaban J connectivity index is 2.07. The van der Waals surface area contributed by atoms with Gasteiger partial charge in [-0.25, -0.2) is 0 Å². The van der Waals surface area contributed by atoms with Crippen LogP contribution in [0.25, 0.3) is 0 Å². The van der Waals surface area contributed by atoms with Gasteiger partial charge in [-0.05, 0) is 37.8 Å². The summed E-state index contributed by atoms with van der Waals surface area (Å²) in [5, 5.41) is 0. The number of hydrogen-bond acceptors (Lipinski definition) is 3. The van der Waals surface area contributed by atoms with Crippen LogP contribution >= 0.6 is 0 Å². The molecule has 0 radical (unpaired) electrons. The number of piperidine rings is 1. The molecule has 0 spiro atoms. The van der Waals surface area contributed by atoms with Gasteiger partial charge < -0.3 is 10.6 Å². The maximum absolute atomic E-state index is 12.5. The number of hydrogen-bond donors (Lipinski definition) is 1. The second-order valence-electron chi connectivity index (χ2n) is 5.87. The summed E-state index contributed by atoms with van der Waals surface area (Å²) in [5.41, 5.74) is 7.28. The van der Waals surface area contributed by atoms with Gasteiger partial charge in [-0.1, -0.05) is 19.1 Å². The van der Waals surface area contributed by atoms with E-state index < -0.39 is 0 Å². The van der Waals surface area contributed by atoms with Crippen LogP contribution in [0.1, 0.15) is 53.8 Å². The molecule has 2 rings (SSSR count). The lowest BCUT2D eigenvalue weighted by molar-refractivity contribution is 0.0660. The minimum Gasteiger partial charge on any atom is -0.338 e. The molecule has 0 saturated carbocycles. The molecule has 4 nitrogen and oxygen atoms in total. The fraction of sp³-hybridized carbons (Fsp3) is 0.529. The highest BCUT2D eigenvalue weighted by Gasteiger charge is 2.26. The monoisotopic (exact) mass is 288 g/mol. The largest absolute Gasteiger partial charge is 0.338 e. The van der Waals surface area contributed by atoms with E-state index in [9.17, 15) is 9.59 Å². The summed E-state index contributed by atoms with van der Waals surface area (Å²) >= 11 is 0. The minimum atomic E-state index is 0.0378. The van der Waals surface area contributed by atoms with E-state index in [4.69, 9.17) is 5.73 Å². The summed E-state index contributed by atoms with van der Waals surface area (Å²) in [7, 11) is 0. The molecule has 1 fully saturated rings. The summed E-state index contributed by atoms with van der Waals surface area (Å²) in [6.45, 7) is 5.36. The van der Waals surface area contributed by atoms with Gasteiger partial charge in [-0.2, -0.15) is 0 Å². The predicted molar refractivity (Wildman–Crippen MR) is 83.3 cm³/mol. The highest BCUT2D eigenvalue weighted by molar-refractivity contribution is 5.98. The Morgan fingerprint density at radius 1 is 1.29 bits per heavy atom. The molecule has 1 aliphatic heterocycles. The zero-order valence-electron chi connectivity index (χ0n) is 12.8. The fourth-order valence-electron chi connectivity index (χ4n) is 2.81. The molecule has 2 unspecified atom stereocenters. The van der Waals surface area contributed by atoms with Crippen LogP contribution < -0.4 is 5.73 Å². The summed E-state index contributed by atoms with van der Waals surface area (Å²) in [6, 6.07) is 7.10. The van der Waals surface area contributed by atoms with E-state index in [1.165, 1.54) is 0 Å². The maximum Gasteiger partial charge on any atom is 0.253 e. The van der Waals surface area contributed by atoms with Crippen LogP contribution in [0.2, 0.25) is 0 Å². The molecule has 114 valence electrons. The Kier molecular flexibility index (Phi) is 5.12. The first-order valence-electron chi connectivity index (χ1n) is 7.71. The van der Waals surface area contributed by atoms with Crippen LogP contribution in [-0.4, -0.2) is 35.7 Å². The second-order valence-corrected chi connectivity index (χ2v) is 5.87. The standard InChI is InChI=1S/C17H24N2O2/c1-3-16(20)13-6-8-14(9-7-13)17(21)19-10-4-5-15(11-19)12(2)18/h6-9,12,15H,3-5,10-11,18H2,1-2H3. The molecule has 2 N–H and O–H groups in total. The average Bonchev–Trinajstić information content (AvgIpc) is 2.53. The van der Waals surface area contributed by atoms with Crippen molar-refractivity contribution in [2.75, 3.05) is 13.1 Å². The van der Waals surface area contributed by atoms with Crippen molar-refractivity contribution < 1.29 is 9.59 Å². The van der Waals surface area contributed by atoms with Crippen molar-refractivity contribution in [2.24, 2.45) is 11.7 Å². The maximum atomic E-state index is 12.5. The Hall–Kier alpha value is -1.68. The predicted octanol–water partition coefficient (Wildman–Crippen LogP) is 2.48. The molecular weight excluding hydrogens is 264 g/mol. The van der Waals surface area contributed by atoms with E-state index in [-0.39, 0.29) is 17.7 Å². The van der Waals surface area contributed by atoms with Crippen LogP contribution in [0.15, 0.2) is 24.3 Å². The first kappa shape index (κ1) is 15.7. The van der Waals surface area contributed by atoms with Crippen LogP contribution in [0, 0.1) is 5.92 Å². The van der Waals surface area contributed by atoms with Crippen LogP contribution in [-0.2, 0) is 0 Å². The second kappa shape index (κ2) is 6.85. The molecular formula is C17H24N2O2. The first-order chi connectivity index (χ1) is 10.0. The molecule has 4 heteroatoms. The number of benzene rings is 1. The fourth-order valence-corrected chi connectivity index (χ4v) is 2.81. The molecule has 2 atom stereocenters. The smallest absolute Gasteiger partial charge is 0.253 e. The number of nitrogens with zero attached hydrogens (tertiary/aromatic N) is 1. The van der Waals surface area contributed by atoms with Gasteiger partial charge in [0.25, 0.3) is 5.91 Å². The van der Waals surface area contributed by atoms with Gasteiger partial charge >= 0.3 is 0 Å². The molecule has 21 heavy (non-hydrogen) atoms. The van der Waals surface area contributed by atoms with Crippen molar-refractivity contribution in [3.8, 4) is 0 Å². The third-order valence-corrected chi connectivity index (χ3v) is 4.26. The number of carbonyl (C=O) groups excluding carboxylic acids is 2. The van der Waals surface area contributed by atoms with Gasteiger partial charge in [0, 0.05) is 36.7 Å². The van der Waals surface area contributed by atoms with Crippen LogP contribution in [0.5, 0.6) is 0 Å². The normalized spacial score (nSPS) is 20.1. The van der Waals surface area contributed by atoms with E-state index in [0.717, 1.165) is 25.9 Å². The summed E-state index contributed by atoms with van der Waals surface area (Å²) in [5.74, 6) is 0.517. The summed E-state index contributed by atoms with van der Waals surface area (Å²) < 4.78 is 0. The van der Waals surface area contributed by atoms with E-state index in [2.05, 4.69) is 0 Å². The highest BCUT2D eigenvalue weighted by atomic mass is 16.2. The van der Waals surface area contributed by atoms with Crippen LogP contribution in [0.4, 0.5) is 0 Å². The lowest BCUT2D eigenvalue weighted by Gasteiger charge is -2.34. The van der Waals surface area contributed by atoms with Gasteiger partial charge in [0.1, 0.15) is 0 Å². The molecule has 1 aromatic rings. The highest BCUT2D eigenvalue weighted by Crippen LogP contribution is 2.20. The summed E-state index contributed by atoms with van der Waals surface area (Å²) in [4.78, 5) is 26.0. The number of ketones is 1. The van der Waals surface area contributed by atoms with E-state index in [1.807, 2.05) is 18.7 Å². The molecule has 1 saturated heterocycles. The van der Waals surface area contributed by atoms with E-state index >= 15 is 0 Å². The van der Waals surface area contributed by atoms with Gasteiger partial charge in [0.2, 0.25) is 0 Å². The zero-order chi connectivity index (χ0) is 15.4.